The summed E-state index contributed by atoms with van der Waals surface area (Å²) in [4.78, 5) is 13.0. The third-order valence-electron chi connectivity index (χ3n) is 4.45. The molecule has 0 saturated carbocycles. The van der Waals surface area contributed by atoms with Crippen LogP contribution in [0.2, 0.25) is 0 Å². The molecule has 3 rings (SSSR count). The summed E-state index contributed by atoms with van der Waals surface area (Å²) in [5, 5.41) is 8.76. The summed E-state index contributed by atoms with van der Waals surface area (Å²) in [6, 6.07) is 10.5. The van der Waals surface area contributed by atoms with E-state index in [1.54, 1.807) is 24.3 Å². The number of carbonyl (C=O) groups excluding carboxylic acids is 1. The van der Waals surface area contributed by atoms with E-state index in [0.717, 1.165) is 16.4 Å². The molecule has 2 aromatic carbocycles. The number of carbonyl (C=O) groups is 1. The quantitative estimate of drug-likeness (QED) is 0.734. The van der Waals surface area contributed by atoms with Gasteiger partial charge in [0, 0.05) is 26.2 Å². The summed E-state index contributed by atoms with van der Waals surface area (Å²) >= 11 is 0. The molecule has 0 N–H and O–H groups in total. The Kier molecular flexibility index (Phi) is 6.10. The Morgan fingerprint density at radius 1 is 1.07 bits per heavy atom. The SMILES string of the molecule is N#Cc1ccc(OCC(=O)N2CCN(S(=O)(=O)c3cc(F)ccc3F)CC2)cc1. The molecule has 0 aromatic heterocycles. The Bertz CT molecular complexity index is 1040. The number of nitriles is 1. The van der Waals surface area contributed by atoms with Gasteiger partial charge < -0.3 is 9.64 Å². The van der Waals surface area contributed by atoms with E-state index in [1.807, 2.05) is 6.07 Å². The summed E-state index contributed by atoms with van der Waals surface area (Å²) < 4.78 is 58.8. The first-order chi connectivity index (χ1) is 13.8. The molecule has 10 heteroatoms. The summed E-state index contributed by atoms with van der Waals surface area (Å²) in [5.74, 6) is -1.78. The number of hydrogen-bond donors (Lipinski definition) is 0. The number of nitrogens with zero attached hydrogens (tertiary/aromatic N) is 3. The monoisotopic (exact) mass is 421 g/mol. The van der Waals surface area contributed by atoms with Gasteiger partial charge in [0.1, 0.15) is 22.3 Å². The van der Waals surface area contributed by atoms with E-state index in [-0.39, 0.29) is 38.7 Å². The van der Waals surface area contributed by atoms with Crippen molar-refractivity contribution in [1.82, 2.24) is 9.21 Å². The largest absolute Gasteiger partial charge is 0.484 e. The summed E-state index contributed by atoms with van der Waals surface area (Å²) in [5.41, 5.74) is 0.468. The molecule has 0 unspecified atom stereocenters. The number of rotatable bonds is 5. The molecular weight excluding hydrogens is 404 g/mol. The van der Waals surface area contributed by atoms with E-state index in [1.165, 1.54) is 4.90 Å². The van der Waals surface area contributed by atoms with Gasteiger partial charge >= 0.3 is 0 Å². The fraction of sp³-hybridized carbons (Fsp3) is 0.263. The van der Waals surface area contributed by atoms with Crippen LogP contribution in [0.1, 0.15) is 5.56 Å². The van der Waals surface area contributed by atoms with Crippen LogP contribution >= 0.6 is 0 Å². The van der Waals surface area contributed by atoms with Gasteiger partial charge in [0.2, 0.25) is 10.0 Å². The Morgan fingerprint density at radius 3 is 2.34 bits per heavy atom. The lowest BCUT2D eigenvalue weighted by Crippen LogP contribution is -2.51. The highest BCUT2D eigenvalue weighted by molar-refractivity contribution is 7.89. The van der Waals surface area contributed by atoms with E-state index < -0.39 is 26.6 Å². The maximum atomic E-state index is 13.9. The number of halogens is 2. The number of piperazine rings is 1. The Hall–Kier alpha value is -3.03. The van der Waals surface area contributed by atoms with Gasteiger partial charge in [-0.2, -0.15) is 9.57 Å². The van der Waals surface area contributed by atoms with Gasteiger partial charge in [0.15, 0.2) is 6.61 Å². The van der Waals surface area contributed by atoms with Gasteiger partial charge in [0.05, 0.1) is 11.6 Å². The van der Waals surface area contributed by atoms with Crippen molar-refractivity contribution in [3.63, 3.8) is 0 Å². The molecule has 0 atom stereocenters. The van der Waals surface area contributed by atoms with E-state index in [0.29, 0.717) is 17.4 Å². The molecular formula is C19H17F2N3O4S. The van der Waals surface area contributed by atoms with Crippen molar-refractivity contribution in [3.05, 3.63) is 59.7 Å². The van der Waals surface area contributed by atoms with Crippen LogP contribution in [-0.4, -0.2) is 56.3 Å². The van der Waals surface area contributed by atoms with Crippen LogP contribution in [0.4, 0.5) is 8.78 Å². The zero-order valence-corrected chi connectivity index (χ0v) is 16.0. The second-order valence-corrected chi connectivity index (χ2v) is 8.19. The Labute approximate surface area is 166 Å². The van der Waals surface area contributed by atoms with Crippen molar-refractivity contribution in [2.75, 3.05) is 32.8 Å². The minimum absolute atomic E-state index is 0.0408. The van der Waals surface area contributed by atoms with Crippen LogP contribution in [0.5, 0.6) is 5.75 Å². The topological polar surface area (TPSA) is 90.7 Å². The molecule has 1 aliphatic heterocycles. The fourth-order valence-corrected chi connectivity index (χ4v) is 4.35. The lowest BCUT2D eigenvalue weighted by molar-refractivity contribution is -0.134. The summed E-state index contributed by atoms with van der Waals surface area (Å²) in [7, 11) is -4.20. The fourth-order valence-electron chi connectivity index (χ4n) is 2.85. The molecule has 1 saturated heterocycles. The Morgan fingerprint density at radius 2 is 1.72 bits per heavy atom. The van der Waals surface area contributed by atoms with Gasteiger partial charge in [-0.15, -0.1) is 0 Å². The third kappa shape index (κ3) is 4.70. The number of amides is 1. The standard InChI is InChI=1S/C19H17F2N3O4S/c20-15-3-6-17(21)18(11-15)29(26,27)24-9-7-23(8-10-24)19(25)13-28-16-4-1-14(12-22)2-5-16/h1-6,11H,7-10,13H2. The molecule has 1 aliphatic rings. The van der Waals surface area contributed by atoms with E-state index in [2.05, 4.69) is 0 Å². The van der Waals surface area contributed by atoms with Crippen LogP contribution < -0.4 is 4.74 Å². The molecule has 7 nitrogen and oxygen atoms in total. The van der Waals surface area contributed by atoms with Gasteiger partial charge in [-0.1, -0.05) is 0 Å². The number of benzene rings is 2. The average Bonchev–Trinajstić information content (AvgIpc) is 2.74. The predicted octanol–water partition coefficient (Wildman–Crippen LogP) is 1.75. The molecule has 0 radical (unpaired) electrons. The van der Waals surface area contributed by atoms with Crippen LogP contribution in [0, 0.1) is 23.0 Å². The maximum absolute atomic E-state index is 13.9. The zero-order valence-electron chi connectivity index (χ0n) is 15.2. The molecule has 1 heterocycles. The van der Waals surface area contributed by atoms with Crippen LogP contribution in [-0.2, 0) is 14.8 Å². The van der Waals surface area contributed by atoms with Crippen molar-refractivity contribution in [3.8, 4) is 11.8 Å². The minimum Gasteiger partial charge on any atom is -0.484 e. The first kappa shape index (κ1) is 20.7. The van der Waals surface area contributed by atoms with Crippen molar-refractivity contribution < 1.29 is 26.7 Å². The van der Waals surface area contributed by atoms with Gasteiger partial charge in [0.25, 0.3) is 5.91 Å². The highest BCUT2D eigenvalue weighted by atomic mass is 32.2. The maximum Gasteiger partial charge on any atom is 0.260 e. The average molecular weight is 421 g/mol. The first-order valence-corrected chi connectivity index (χ1v) is 10.1. The molecule has 152 valence electrons. The van der Waals surface area contributed by atoms with E-state index in [4.69, 9.17) is 10.00 Å². The number of hydrogen-bond acceptors (Lipinski definition) is 5. The van der Waals surface area contributed by atoms with Gasteiger partial charge in [-0.05, 0) is 42.5 Å². The molecule has 0 spiro atoms. The normalized spacial score (nSPS) is 15.0. The molecule has 1 fully saturated rings. The van der Waals surface area contributed by atoms with Crippen molar-refractivity contribution in [1.29, 1.82) is 5.26 Å². The molecule has 1 amide bonds. The summed E-state index contributed by atoms with van der Waals surface area (Å²) in [6.45, 7) is -0.115. The van der Waals surface area contributed by atoms with Crippen LogP contribution in [0.25, 0.3) is 0 Å². The van der Waals surface area contributed by atoms with Gasteiger partial charge in [-0.25, -0.2) is 17.2 Å². The highest BCUT2D eigenvalue weighted by Crippen LogP contribution is 2.22. The predicted molar refractivity (Wildman–Crippen MR) is 98.3 cm³/mol. The lowest BCUT2D eigenvalue weighted by Gasteiger charge is -2.34. The number of ether oxygens (including phenoxy) is 1. The molecule has 29 heavy (non-hydrogen) atoms. The van der Waals surface area contributed by atoms with Crippen molar-refractivity contribution >= 4 is 15.9 Å². The third-order valence-corrected chi connectivity index (χ3v) is 6.36. The van der Waals surface area contributed by atoms with Crippen molar-refractivity contribution in [2.45, 2.75) is 4.90 Å². The van der Waals surface area contributed by atoms with Crippen molar-refractivity contribution in [2.24, 2.45) is 0 Å². The summed E-state index contributed by atoms with van der Waals surface area (Å²) in [6.07, 6.45) is 0. The molecule has 0 aliphatic carbocycles. The van der Waals surface area contributed by atoms with E-state index in [9.17, 15) is 22.0 Å². The Balaban J connectivity index is 1.57. The smallest absolute Gasteiger partial charge is 0.260 e. The molecule has 2 aromatic rings. The minimum atomic E-state index is -4.20. The zero-order chi connectivity index (χ0) is 21.0. The second kappa shape index (κ2) is 8.55. The van der Waals surface area contributed by atoms with Crippen LogP contribution in [0.15, 0.2) is 47.4 Å². The van der Waals surface area contributed by atoms with Crippen LogP contribution in [0.3, 0.4) is 0 Å². The molecule has 0 bridgehead atoms. The lowest BCUT2D eigenvalue weighted by atomic mass is 10.2. The highest BCUT2D eigenvalue weighted by Gasteiger charge is 2.32. The second-order valence-electron chi connectivity index (χ2n) is 6.28. The first-order valence-electron chi connectivity index (χ1n) is 8.67. The van der Waals surface area contributed by atoms with Gasteiger partial charge in [-0.3, -0.25) is 4.79 Å². The van der Waals surface area contributed by atoms with E-state index >= 15 is 0 Å². The number of sulfonamides is 1.